The van der Waals surface area contributed by atoms with Crippen LogP contribution >= 0.6 is 0 Å². The average molecular weight is 321 g/mol. The van der Waals surface area contributed by atoms with Crippen molar-refractivity contribution in [1.29, 1.82) is 0 Å². The van der Waals surface area contributed by atoms with Crippen LogP contribution in [-0.2, 0) is 0 Å². The number of pyridine rings is 1. The molecule has 0 atom stereocenters. The van der Waals surface area contributed by atoms with Gasteiger partial charge in [0, 0.05) is 36.6 Å². The van der Waals surface area contributed by atoms with E-state index in [-0.39, 0.29) is 11.5 Å². The number of hydrogen-bond acceptors (Lipinski definition) is 3. The lowest BCUT2D eigenvalue weighted by Crippen LogP contribution is -2.13. The molecule has 0 saturated heterocycles. The van der Waals surface area contributed by atoms with E-state index in [2.05, 4.69) is 10.3 Å². The first-order valence-electron chi connectivity index (χ1n) is 7.66. The first-order valence-corrected chi connectivity index (χ1v) is 7.66. The Morgan fingerprint density at radius 2 is 1.75 bits per heavy atom. The Hall–Kier alpha value is -3.08. The van der Waals surface area contributed by atoms with Crippen LogP contribution in [0.25, 0.3) is 10.9 Å². The number of benzene rings is 2. The Kier molecular flexibility index (Phi) is 4.08. The number of fused-ring (bicyclic) bond motifs is 1. The smallest absolute Gasteiger partial charge is 0.255 e. The zero-order valence-corrected chi connectivity index (χ0v) is 13.9. The summed E-state index contributed by atoms with van der Waals surface area (Å²) >= 11 is 0. The molecule has 0 aliphatic rings. The van der Waals surface area contributed by atoms with E-state index in [1.54, 1.807) is 25.1 Å². The van der Waals surface area contributed by atoms with Crippen molar-refractivity contribution in [3.05, 3.63) is 70.0 Å². The quantitative estimate of drug-likeness (QED) is 0.779. The highest BCUT2D eigenvalue weighted by atomic mass is 16.1. The van der Waals surface area contributed by atoms with Gasteiger partial charge in [-0.05, 0) is 54.8 Å². The fourth-order valence-electron chi connectivity index (χ4n) is 2.50. The molecule has 0 aliphatic carbocycles. The molecular weight excluding hydrogens is 302 g/mol. The van der Waals surface area contributed by atoms with Gasteiger partial charge in [0.15, 0.2) is 0 Å². The number of H-pyrrole nitrogens is 1. The normalized spacial score (nSPS) is 10.6. The minimum Gasteiger partial charge on any atom is -0.378 e. The van der Waals surface area contributed by atoms with Crippen molar-refractivity contribution >= 4 is 28.2 Å². The highest BCUT2D eigenvalue weighted by Gasteiger charge is 2.08. The zero-order chi connectivity index (χ0) is 17.3. The number of amides is 1. The van der Waals surface area contributed by atoms with E-state index in [0.29, 0.717) is 22.3 Å². The van der Waals surface area contributed by atoms with Crippen LogP contribution in [0, 0.1) is 6.92 Å². The lowest BCUT2D eigenvalue weighted by atomic mass is 10.1. The van der Waals surface area contributed by atoms with Crippen molar-refractivity contribution in [3.8, 4) is 0 Å². The summed E-state index contributed by atoms with van der Waals surface area (Å²) in [6.07, 6.45) is 0. The van der Waals surface area contributed by atoms with Crippen molar-refractivity contribution in [2.45, 2.75) is 6.92 Å². The van der Waals surface area contributed by atoms with Crippen molar-refractivity contribution < 1.29 is 4.79 Å². The highest BCUT2D eigenvalue weighted by molar-refractivity contribution is 6.05. The molecule has 24 heavy (non-hydrogen) atoms. The number of nitrogens with zero attached hydrogens (tertiary/aromatic N) is 1. The molecule has 0 bridgehead atoms. The van der Waals surface area contributed by atoms with Crippen LogP contribution in [-0.4, -0.2) is 25.0 Å². The molecule has 0 fully saturated rings. The fraction of sp³-hybridized carbons (Fsp3) is 0.158. The molecule has 0 radical (unpaired) electrons. The van der Waals surface area contributed by atoms with Crippen LogP contribution in [0.1, 0.15) is 15.9 Å². The lowest BCUT2D eigenvalue weighted by Gasteiger charge is -2.12. The molecule has 3 rings (SSSR count). The van der Waals surface area contributed by atoms with Crippen LogP contribution in [0.4, 0.5) is 11.4 Å². The largest absolute Gasteiger partial charge is 0.378 e. The molecule has 0 spiro atoms. The van der Waals surface area contributed by atoms with Gasteiger partial charge in [-0.1, -0.05) is 6.07 Å². The van der Waals surface area contributed by atoms with Gasteiger partial charge >= 0.3 is 0 Å². The van der Waals surface area contributed by atoms with Crippen molar-refractivity contribution in [2.24, 2.45) is 0 Å². The highest BCUT2D eigenvalue weighted by Crippen LogP contribution is 2.18. The molecule has 1 amide bonds. The number of aryl methyl sites for hydroxylation is 1. The lowest BCUT2D eigenvalue weighted by molar-refractivity contribution is 0.102. The first kappa shape index (κ1) is 15.8. The molecule has 0 saturated carbocycles. The second-order valence-corrected chi connectivity index (χ2v) is 5.98. The third-order valence-electron chi connectivity index (χ3n) is 3.94. The number of carbonyl (C=O) groups excluding carboxylic acids is 1. The Morgan fingerprint density at radius 1 is 1.04 bits per heavy atom. The first-order chi connectivity index (χ1) is 11.4. The molecule has 5 nitrogen and oxygen atoms in total. The third-order valence-corrected chi connectivity index (χ3v) is 3.94. The van der Waals surface area contributed by atoms with E-state index in [1.165, 1.54) is 0 Å². The predicted molar refractivity (Wildman–Crippen MR) is 98.0 cm³/mol. The molecule has 5 heteroatoms. The van der Waals surface area contributed by atoms with E-state index < -0.39 is 0 Å². The van der Waals surface area contributed by atoms with Gasteiger partial charge in [0.2, 0.25) is 0 Å². The Balaban J connectivity index is 1.84. The van der Waals surface area contributed by atoms with E-state index >= 15 is 0 Å². The summed E-state index contributed by atoms with van der Waals surface area (Å²) in [6.45, 7) is 1.77. The van der Waals surface area contributed by atoms with Crippen molar-refractivity contribution in [2.75, 3.05) is 24.3 Å². The maximum absolute atomic E-state index is 12.4. The van der Waals surface area contributed by atoms with Gasteiger partial charge in [-0.15, -0.1) is 0 Å². The monoisotopic (exact) mass is 321 g/mol. The summed E-state index contributed by atoms with van der Waals surface area (Å²) in [5.41, 5.74) is 3.50. The van der Waals surface area contributed by atoms with Crippen LogP contribution < -0.4 is 15.8 Å². The van der Waals surface area contributed by atoms with Gasteiger partial charge in [-0.2, -0.15) is 0 Å². The van der Waals surface area contributed by atoms with Gasteiger partial charge in [-0.3, -0.25) is 9.59 Å². The number of carbonyl (C=O) groups is 1. The van der Waals surface area contributed by atoms with Gasteiger partial charge in [0.1, 0.15) is 0 Å². The topological polar surface area (TPSA) is 65.2 Å². The Bertz CT molecular complexity index is 957. The minimum absolute atomic E-state index is 0.120. The second-order valence-electron chi connectivity index (χ2n) is 5.98. The molecule has 1 aromatic heterocycles. The summed E-state index contributed by atoms with van der Waals surface area (Å²) in [7, 11) is 3.90. The minimum atomic E-state index is -0.186. The van der Waals surface area contributed by atoms with Gasteiger partial charge in [-0.25, -0.2) is 0 Å². The number of aromatic nitrogens is 1. The van der Waals surface area contributed by atoms with Gasteiger partial charge in [0.25, 0.3) is 11.5 Å². The molecule has 2 N–H and O–H groups in total. The fourth-order valence-corrected chi connectivity index (χ4v) is 2.50. The van der Waals surface area contributed by atoms with Crippen LogP contribution in [0.5, 0.6) is 0 Å². The number of aromatic amines is 1. The molecule has 3 aromatic rings. The van der Waals surface area contributed by atoms with E-state index in [0.717, 1.165) is 11.1 Å². The summed E-state index contributed by atoms with van der Waals surface area (Å²) in [5.74, 6) is -0.186. The van der Waals surface area contributed by atoms with E-state index in [1.807, 2.05) is 49.3 Å². The standard InChI is InChI=1S/C19H19N3O2/c1-12-10-14-4-7-15(11-17(14)21-18(12)23)20-19(24)13-5-8-16(9-6-13)22(2)3/h4-11H,1-3H3,(H,20,24)(H,21,23). The number of nitrogens with one attached hydrogen (secondary N) is 2. The van der Waals surface area contributed by atoms with Crippen molar-refractivity contribution in [1.82, 2.24) is 4.98 Å². The van der Waals surface area contributed by atoms with Crippen molar-refractivity contribution in [3.63, 3.8) is 0 Å². The predicted octanol–water partition coefficient (Wildman–Crippen LogP) is 3.15. The van der Waals surface area contributed by atoms with Gasteiger partial charge < -0.3 is 15.2 Å². The number of rotatable bonds is 3. The second kappa shape index (κ2) is 6.20. The van der Waals surface area contributed by atoms with Crippen LogP contribution in [0.2, 0.25) is 0 Å². The Morgan fingerprint density at radius 3 is 2.42 bits per heavy atom. The summed E-state index contributed by atoms with van der Waals surface area (Å²) < 4.78 is 0. The maximum atomic E-state index is 12.4. The molecule has 0 unspecified atom stereocenters. The summed E-state index contributed by atoms with van der Waals surface area (Å²) in [5, 5.41) is 3.79. The Labute approximate surface area is 139 Å². The molecule has 0 aliphatic heterocycles. The maximum Gasteiger partial charge on any atom is 0.255 e. The van der Waals surface area contributed by atoms with Gasteiger partial charge in [0.05, 0.1) is 5.52 Å². The average Bonchev–Trinajstić information content (AvgIpc) is 2.56. The summed E-state index contributed by atoms with van der Waals surface area (Å²) in [6, 6.07) is 14.7. The molecular formula is C19H19N3O2. The number of hydrogen-bond donors (Lipinski definition) is 2. The zero-order valence-electron chi connectivity index (χ0n) is 13.9. The summed E-state index contributed by atoms with van der Waals surface area (Å²) in [4.78, 5) is 28.9. The SMILES string of the molecule is Cc1cc2ccc(NC(=O)c3ccc(N(C)C)cc3)cc2[nH]c1=O. The van der Waals surface area contributed by atoms with E-state index in [4.69, 9.17) is 0 Å². The number of anilines is 2. The molecule has 2 aromatic carbocycles. The van der Waals surface area contributed by atoms with E-state index in [9.17, 15) is 9.59 Å². The molecule has 122 valence electrons. The third kappa shape index (κ3) is 3.15. The van der Waals surface area contributed by atoms with Crippen LogP contribution in [0.15, 0.2) is 53.3 Å². The van der Waals surface area contributed by atoms with Crippen LogP contribution in [0.3, 0.4) is 0 Å². The molecule has 1 heterocycles.